The molecule has 0 saturated carbocycles. The fourth-order valence-electron chi connectivity index (χ4n) is 4.17. The van der Waals surface area contributed by atoms with Gasteiger partial charge in [-0.3, -0.25) is 0 Å². The molecular formula is C23H19O3-. The summed E-state index contributed by atoms with van der Waals surface area (Å²) in [5.41, 5.74) is 4.09. The standard InChI is InChI=1S/C23H20O3/c1-26-17-13-11-16(12-14-17)21-19-10-6-5-9-18(19)20(22(21)23(24)25)15-7-3-2-4-8-15/h2-14,20-22H,1H3,(H,24,25)/p-1. The Bertz CT molecular complexity index is 916. The fourth-order valence-corrected chi connectivity index (χ4v) is 4.17. The molecule has 3 heteroatoms. The van der Waals surface area contributed by atoms with Gasteiger partial charge in [-0.1, -0.05) is 66.7 Å². The summed E-state index contributed by atoms with van der Waals surface area (Å²) in [6.07, 6.45) is 0. The average Bonchev–Trinajstić information content (AvgIpc) is 3.04. The number of hydrogen-bond donors (Lipinski definition) is 0. The second-order valence-electron chi connectivity index (χ2n) is 6.61. The van der Waals surface area contributed by atoms with Crippen molar-refractivity contribution in [3.05, 3.63) is 101 Å². The van der Waals surface area contributed by atoms with Gasteiger partial charge in [0.2, 0.25) is 0 Å². The Morgan fingerprint density at radius 1 is 0.769 bits per heavy atom. The Kier molecular flexibility index (Phi) is 4.21. The first kappa shape index (κ1) is 16.4. The lowest BCUT2D eigenvalue weighted by Gasteiger charge is -2.27. The maximum absolute atomic E-state index is 12.2. The van der Waals surface area contributed by atoms with Crippen LogP contribution in [0.3, 0.4) is 0 Å². The van der Waals surface area contributed by atoms with E-state index in [-0.39, 0.29) is 11.8 Å². The Hall–Kier alpha value is -3.07. The van der Waals surface area contributed by atoms with Gasteiger partial charge in [-0.05, 0) is 34.4 Å². The minimum absolute atomic E-state index is 0.218. The maximum Gasteiger partial charge on any atom is 0.118 e. The number of fused-ring (bicyclic) bond motifs is 1. The van der Waals surface area contributed by atoms with E-state index in [4.69, 9.17) is 4.74 Å². The number of aliphatic carboxylic acids is 1. The molecule has 26 heavy (non-hydrogen) atoms. The molecule has 0 N–H and O–H groups in total. The van der Waals surface area contributed by atoms with Crippen molar-refractivity contribution in [2.75, 3.05) is 7.11 Å². The molecule has 0 amide bonds. The van der Waals surface area contributed by atoms with Crippen molar-refractivity contribution < 1.29 is 14.6 Å². The van der Waals surface area contributed by atoms with Crippen LogP contribution in [-0.2, 0) is 4.79 Å². The zero-order chi connectivity index (χ0) is 18.1. The zero-order valence-electron chi connectivity index (χ0n) is 14.5. The summed E-state index contributed by atoms with van der Waals surface area (Å²) in [6.45, 7) is 0. The van der Waals surface area contributed by atoms with E-state index >= 15 is 0 Å². The molecule has 0 saturated heterocycles. The van der Waals surface area contributed by atoms with Crippen molar-refractivity contribution in [1.82, 2.24) is 0 Å². The highest BCUT2D eigenvalue weighted by Gasteiger charge is 2.42. The third-order valence-electron chi connectivity index (χ3n) is 5.29. The number of ether oxygens (including phenoxy) is 1. The highest BCUT2D eigenvalue weighted by molar-refractivity contribution is 5.76. The molecular weight excluding hydrogens is 324 g/mol. The van der Waals surface area contributed by atoms with E-state index in [0.29, 0.717) is 0 Å². The maximum atomic E-state index is 12.2. The molecule has 3 atom stereocenters. The summed E-state index contributed by atoms with van der Waals surface area (Å²) >= 11 is 0. The summed E-state index contributed by atoms with van der Waals surface area (Å²) in [7, 11) is 1.62. The topological polar surface area (TPSA) is 49.4 Å². The van der Waals surface area contributed by atoms with Crippen molar-refractivity contribution in [2.45, 2.75) is 11.8 Å². The number of carbonyl (C=O) groups is 1. The largest absolute Gasteiger partial charge is 0.550 e. The molecule has 0 fully saturated rings. The minimum Gasteiger partial charge on any atom is -0.550 e. The first-order valence-electron chi connectivity index (χ1n) is 8.69. The van der Waals surface area contributed by atoms with Gasteiger partial charge >= 0.3 is 0 Å². The number of rotatable bonds is 4. The van der Waals surface area contributed by atoms with E-state index in [1.54, 1.807) is 7.11 Å². The molecule has 3 aromatic rings. The summed E-state index contributed by atoms with van der Waals surface area (Å²) in [6, 6.07) is 25.5. The van der Waals surface area contributed by atoms with Crippen LogP contribution < -0.4 is 9.84 Å². The average molecular weight is 343 g/mol. The first-order valence-corrected chi connectivity index (χ1v) is 8.69. The minimum atomic E-state index is -1.02. The molecule has 0 radical (unpaired) electrons. The number of benzene rings is 3. The lowest BCUT2D eigenvalue weighted by molar-refractivity contribution is -0.312. The van der Waals surface area contributed by atoms with Gasteiger partial charge in [-0.2, -0.15) is 0 Å². The normalized spacial score (nSPS) is 21.2. The Labute approximate surface area is 152 Å². The van der Waals surface area contributed by atoms with E-state index in [1.807, 2.05) is 78.9 Å². The van der Waals surface area contributed by atoms with Gasteiger partial charge in [-0.25, -0.2) is 0 Å². The molecule has 0 aromatic heterocycles. The van der Waals surface area contributed by atoms with E-state index in [1.165, 1.54) is 0 Å². The van der Waals surface area contributed by atoms with Crippen molar-refractivity contribution in [3.63, 3.8) is 0 Å². The molecule has 130 valence electrons. The van der Waals surface area contributed by atoms with Crippen LogP contribution in [0.4, 0.5) is 0 Å². The first-order chi connectivity index (χ1) is 12.7. The molecule has 4 rings (SSSR count). The summed E-state index contributed by atoms with van der Waals surface area (Å²) in [5, 5.41) is 12.2. The van der Waals surface area contributed by atoms with Gasteiger partial charge in [0.05, 0.1) is 7.11 Å². The van der Waals surface area contributed by atoms with E-state index in [9.17, 15) is 9.90 Å². The predicted octanol–water partition coefficient (Wildman–Crippen LogP) is 3.34. The molecule has 1 aliphatic carbocycles. The van der Waals surface area contributed by atoms with Gasteiger partial charge in [-0.15, -0.1) is 0 Å². The lowest BCUT2D eigenvalue weighted by atomic mass is 9.80. The number of carbonyl (C=O) groups excluding carboxylic acids is 1. The molecule has 1 aliphatic rings. The van der Waals surface area contributed by atoms with Crippen LogP contribution in [-0.4, -0.2) is 13.1 Å². The molecule has 0 spiro atoms. The van der Waals surface area contributed by atoms with Crippen LogP contribution in [0.2, 0.25) is 0 Å². The third kappa shape index (κ3) is 2.66. The van der Waals surface area contributed by atoms with Crippen molar-refractivity contribution in [3.8, 4) is 5.75 Å². The molecule has 0 bridgehead atoms. The summed E-state index contributed by atoms with van der Waals surface area (Å²) in [4.78, 5) is 12.2. The Balaban J connectivity index is 1.89. The highest BCUT2D eigenvalue weighted by atomic mass is 16.5. The fraction of sp³-hybridized carbons (Fsp3) is 0.174. The van der Waals surface area contributed by atoms with Crippen LogP contribution in [0, 0.1) is 5.92 Å². The van der Waals surface area contributed by atoms with Crippen LogP contribution in [0.1, 0.15) is 34.1 Å². The highest BCUT2D eigenvalue weighted by Crippen LogP contribution is 2.52. The van der Waals surface area contributed by atoms with Crippen molar-refractivity contribution in [1.29, 1.82) is 0 Å². The second kappa shape index (κ2) is 6.68. The number of carboxylic acids is 1. The lowest BCUT2D eigenvalue weighted by Crippen LogP contribution is -2.36. The van der Waals surface area contributed by atoms with E-state index in [2.05, 4.69) is 0 Å². The third-order valence-corrected chi connectivity index (χ3v) is 5.29. The SMILES string of the molecule is COc1ccc(C2c3ccccc3C(c3ccccc3)C2C(=O)[O-])cc1. The van der Waals surface area contributed by atoms with E-state index in [0.717, 1.165) is 28.0 Å². The molecule has 3 unspecified atom stereocenters. The molecule has 3 aromatic carbocycles. The zero-order valence-corrected chi connectivity index (χ0v) is 14.5. The summed E-state index contributed by atoms with van der Waals surface area (Å²) < 4.78 is 5.24. The van der Waals surface area contributed by atoms with E-state index < -0.39 is 11.9 Å². The number of methoxy groups -OCH3 is 1. The van der Waals surface area contributed by atoms with Gasteiger partial charge in [0.15, 0.2) is 0 Å². The Morgan fingerprint density at radius 2 is 1.27 bits per heavy atom. The van der Waals surface area contributed by atoms with Crippen LogP contribution in [0.5, 0.6) is 5.75 Å². The van der Waals surface area contributed by atoms with Gasteiger partial charge in [0.1, 0.15) is 5.75 Å². The molecule has 0 aliphatic heterocycles. The number of carboxylic acid groups (broad SMARTS) is 1. The monoisotopic (exact) mass is 343 g/mol. The van der Waals surface area contributed by atoms with Gasteiger partial charge < -0.3 is 14.6 Å². The quantitative estimate of drug-likeness (QED) is 0.730. The Morgan fingerprint density at radius 3 is 1.77 bits per heavy atom. The molecule has 0 heterocycles. The van der Waals surface area contributed by atoms with Crippen LogP contribution in [0.15, 0.2) is 78.9 Å². The smallest absolute Gasteiger partial charge is 0.118 e. The van der Waals surface area contributed by atoms with Crippen molar-refractivity contribution in [2.24, 2.45) is 5.92 Å². The van der Waals surface area contributed by atoms with Crippen molar-refractivity contribution >= 4 is 5.97 Å². The van der Waals surface area contributed by atoms with Gasteiger partial charge in [0.25, 0.3) is 0 Å². The van der Waals surface area contributed by atoms with Crippen LogP contribution in [0.25, 0.3) is 0 Å². The summed E-state index contributed by atoms with van der Waals surface area (Å²) in [5.74, 6) is -1.37. The van der Waals surface area contributed by atoms with Crippen LogP contribution >= 0.6 is 0 Å². The number of hydrogen-bond acceptors (Lipinski definition) is 3. The molecule has 3 nitrogen and oxygen atoms in total. The predicted molar refractivity (Wildman–Crippen MR) is 98.1 cm³/mol. The van der Waals surface area contributed by atoms with Gasteiger partial charge in [0, 0.05) is 23.7 Å². The second-order valence-corrected chi connectivity index (χ2v) is 6.61.